The highest BCUT2D eigenvalue weighted by Gasteiger charge is 2.14. The van der Waals surface area contributed by atoms with Gasteiger partial charge in [0.15, 0.2) is 0 Å². The van der Waals surface area contributed by atoms with E-state index in [0.717, 1.165) is 28.2 Å². The Bertz CT molecular complexity index is 1160. The molecule has 0 aromatic heterocycles. The number of benzene rings is 3. The fourth-order valence-electron chi connectivity index (χ4n) is 3.01. The van der Waals surface area contributed by atoms with E-state index in [2.05, 4.69) is 30.2 Å². The van der Waals surface area contributed by atoms with Crippen LogP contribution >= 0.6 is 0 Å². The molecule has 0 amide bonds. The summed E-state index contributed by atoms with van der Waals surface area (Å²) >= 11 is 0. The highest BCUT2D eigenvalue weighted by Crippen LogP contribution is 2.35. The average molecular weight is 442 g/mol. The molecule has 5 nitrogen and oxygen atoms in total. The lowest BCUT2D eigenvalue weighted by Crippen LogP contribution is -2.11. The number of ether oxygens (including phenoxy) is 2. The molecule has 0 fully saturated rings. The van der Waals surface area contributed by atoms with Crippen molar-refractivity contribution in [2.45, 2.75) is 27.4 Å². The SMILES string of the molecule is C=C(C)C(=O)OCc1ccc(N(c2ccc(C)cc2)c2ccc(OC(=O)C(=C)C)cc2)cc1. The molecule has 0 radical (unpaired) electrons. The van der Waals surface area contributed by atoms with Gasteiger partial charge in [0, 0.05) is 28.2 Å². The molecule has 3 rings (SSSR count). The highest BCUT2D eigenvalue weighted by molar-refractivity contribution is 5.89. The summed E-state index contributed by atoms with van der Waals surface area (Å²) in [6.45, 7) is 12.7. The Kier molecular flexibility index (Phi) is 7.46. The maximum Gasteiger partial charge on any atom is 0.338 e. The summed E-state index contributed by atoms with van der Waals surface area (Å²) < 4.78 is 10.5. The third-order valence-corrected chi connectivity index (χ3v) is 4.86. The average Bonchev–Trinajstić information content (AvgIpc) is 2.80. The van der Waals surface area contributed by atoms with Gasteiger partial charge < -0.3 is 14.4 Å². The van der Waals surface area contributed by atoms with Crippen molar-refractivity contribution in [3.63, 3.8) is 0 Å². The Morgan fingerprint density at radius 1 is 0.727 bits per heavy atom. The van der Waals surface area contributed by atoms with Crippen LogP contribution < -0.4 is 9.64 Å². The normalized spacial score (nSPS) is 10.3. The zero-order valence-electron chi connectivity index (χ0n) is 19.1. The fraction of sp³-hybridized carbons (Fsp3) is 0.143. The van der Waals surface area contributed by atoms with Crippen LogP contribution in [0.3, 0.4) is 0 Å². The van der Waals surface area contributed by atoms with Crippen molar-refractivity contribution >= 4 is 29.0 Å². The smallest absolute Gasteiger partial charge is 0.338 e. The predicted molar refractivity (Wildman–Crippen MR) is 131 cm³/mol. The zero-order valence-corrected chi connectivity index (χ0v) is 19.1. The molecule has 0 N–H and O–H groups in total. The minimum Gasteiger partial charge on any atom is -0.457 e. The number of nitrogens with zero attached hydrogens (tertiary/aromatic N) is 1. The molecule has 0 bridgehead atoms. The molecule has 0 aliphatic heterocycles. The second-order valence-electron chi connectivity index (χ2n) is 7.86. The van der Waals surface area contributed by atoms with Crippen LogP contribution in [0.5, 0.6) is 5.75 Å². The van der Waals surface area contributed by atoms with Crippen molar-refractivity contribution in [1.82, 2.24) is 0 Å². The van der Waals surface area contributed by atoms with E-state index in [-0.39, 0.29) is 6.61 Å². The molecule has 33 heavy (non-hydrogen) atoms. The van der Waals surface area contributed by atoms with Gasteiger partial charge >= 0.3 is 11.9 Å². The number of carbonyl (C=O) groups excluding carboxylic acids is 2. The molecule has 3 aromatic carbocycles. The Balaban J connectivity index is 1.88. The van der Waals surface area contributed by atoms with Gasteiger partial charge in [0.1, 0.15) is 12.4 Å². The van der Waals surface area contributed by atoms with E-state index < -0.39 is 11.9 Å². The van der Waals surface area contributed by atoms with Crippen molar-refractivity contribution in [2.75, 3.05) is 4.90 Å². The van der Waals surface area contributed by atoms with Gasteiger partial charge in [0.05, 0.1) is 0 Å². The molecule has 0 aliphatic rings. The van der Waals surface area contributed by atoms with Crippen LogP contribution in [0.2, 0.25) is 0 Å². The van der Waals surface area contributed by atoms with Crippen LogP contribution in [0, 0.1) is 6.92 Å². The van der Waals surface area contributed by atoms with Crippen molar-refractivity contribution in [2.24, 2.45) is 0 Å². The summed E-state index contributed by atoms with van der Waals surface area (Å²) in [5, 5.41) is 0. The van der Waals surface area contributed by atoms with Crippen LogP contribution in [0.15, 0.2) is 97.1 Å². The number of rotatable bonds is 8. The highest BCUT2D eigenvalue weighted by atomic mass is 16.5. The Morgan fingerprint density at radius 3 is 1.67 bits per heavy atom. The molecule has 0 spiro atoms. The summed E-state index contributed by atoms with van der Waals surface area (Å²) in [6, 6.07) is 23.3. The fourth-order valence-corrected chi connectivity index (χ4v) is 3.01. The lowest BCUT2D eigenvalue weighted by molar-refractivity contribution is -0.140. The first-order chi connectivity index (χ1) is 15.7. The summed E-state index contributed by atoms with van der Waals surface area (Å²) in [5.74, 6) is -0.417. The number of hydrogen-bond donors (Lipinski definition) is 0. The lowest BCUT2D eigenvalue weighted by Gasteiger charge is -2.26. The number of esters is 2. The Labute approximate surface area is 194 Å². The van der Waals surface area contributed by atoms with Gasteiger partial charge in [-0.1, -0.05) is 43.0 Å². The van der Waals surface area contributed by atoms with E-state index in [1.54, 1.807) is 26.0 Å². The monoisotopic (exact) mass is 441 g/mol. The Morgan fingerprint density at radius 2 is 1.18 bits per heavy atom. The van der Waals surface area contributed by atoms with Crippen molar-refractivity contribution in [1.29, 1.82) is 0 Å². The standard InChI is InChI=1S/C28H27NO4/c1-19(2)27(30)32-18-22-8-12-24(13-9-22)29(23-10-6-21(5)7-11-23)25-14-16-26(17-15-25)33-28(31)20(3)4/h6-17H,1,3,18H2,2,4-5H3. The van der Waals surface area contributed by atoms with Gasteiger partial charge in [-0.3, -0.25) is 0 Å². The molecule has 3 aromatic rings. The van der Waals surface area contributed by atoms with Crippen molar-refractivity contribution < 1.29 is 19.1 Å². The van der Waals surface area contributed by atoms with Crippen LogP contribution in [0.25, 0.3) is 0 Å². The largest absolute Gasteiger partial charge is 0.457 e. The maximum atomic E-state index is 11.8. The minimum absolute atomic E-state index is 0.180. The van der Waals surface area contributed by atoms with Gasteiger partial charge in [-0.15, -0.1) is 0 Å². The number of carbonyl (C=O) groups is 2. The van der Waals surface area contributed by atoms with E-state index >= 15 is 0 Å². The molecule has 0 heterocycles. The number of anilines is 3. The number of aryl methyl sites for hydroxylation is 1. The van der Waals surface area contributed by atoms with E-state index in [9.17, 15) is 9.59 Å². The van der Waals surface area contributed by atoms with E-state index in [4.69, 9.17) is 9.47 Å². The molecule has 0 unspecified atom stereocenters. The lowest BCUT2D eigenvalue weighted by atomic mass is 10.1. The van der Waals surface area contributed by atoms with Crippen LogP contribution in [0.4, 0.5) is 17.1 Å². The zero-order chi connectivity index (χ0) is 24.0. The first kappa shape index (κ1) is 23.5. The molecular weight excluding hydrogens is 414 g/mol. The van der Waals surface area contributed by atoms with Gasteiger partial charge in [0.25, 0.3) is 0 Å². The molecule has 0 saturated heterocycles. The topological polar surface area (TPSA) is 55.8 Å². The third kappa shape index (κ3) is 6.20. The number of hydrogen-bond acceptors (Lipinski definition) is 5. The van der Waals surface area contributed by atoms with E-state index in [1.807, 2.05) is 55.5 Å². The molecule has 5 heteroatoms. The summed E-state index contributed by atoms with van der Waals surface area (Å²) in [7, 11) is 0. The maximum absolute atomic E-state index is 11.8. The Hall–Kier alpha value is -4.12. The van der Waals surface area contributed by atoms with E-state index in [0.29, 0.717) is 16.9 Å². The van der Waals surface area contributed by atoms with Crippen LogP contribution in [0.1, 0.15) is 25.0 Å². The molecule has 0 aliphatic carbocycles. The van der Waals surface area contributed by atoms with Gasteiger partial charge in [-0.25, -0.2) is 9.59 Å². The third-order valence-electron chi connectivity index (χ3n) is 4.86. The predicted octanol–water partition coefficient (Wildman–Crippen LogP) is 6.57. The molecule has 168 valence electrons. The summed E-state index contributed by atoms with van der Waals surface area (Å²) in [4.78, 5) is 25.5. The summed E-state index contributed by atoms with van der Waals surface area (Å²) in [5.41, 5.74) is 5.56. The van der Waals surface area contributed by atoms with Gasteiger partial charge in [-0.2, -0.15) is 0 Å². The first-order valence-corrected chi connectivity index (χ1v) is 10.5. The van der Waals surface area contributed by atoms with Crippen LogP contribution in [-0.4, -0.2) is 11.9 Å². The minimum atomic E-state index is -0.457. The van der Waals surface area contributed by atoms with Crippen LogP contribution in [-0.2, 0) is 20.9 Å². The van der Waals surface area contributed by atoms with Crippen molar-refractivity contribution in [3.8, 4) is 5.75 Å². The van der Waals surface area contributed by atoms with Gasteiger partial charge in [-0.05, 0) is 74.9 Å². The first-order valence-electron chi connectivity index (χ1n) is 10.5. The van der Waals surface area contributed by atoms with E-state index in [1.165, 1.54) is 0 Å². The second kappa shape index (κ2) is 10.5. The van der Waals surface area contributed by atoms with Gasteiger partial charge in [0.2, 0.25) is 0 Å². The second-order valence-corrected chi connectivity index (χ2v) is 7.86. The molecule has 0 saturated carbocycles. The quantitative estimate of drug-likeness (QED) is 0.225. The molecular formula is C28H27NO4. The van der Waals surface area contributed by atoms with Crippen molar-refractivity contribution in [3.05, 3.63) is 108 Å². The summed E-state index contributed by atoms with van der Waals surface area (Å²) in [6.07, 6.45) is 0. The molecule has 0 atom stereocenters.